The van der Waals surface area contributed by atoms with Gasteiger partial charge in [-0.05, 0) is 114 Å². The van der Waals surface area contributed by atoms with Gasteiger partial charge in [-0.2, -0.15) is 5.10 Å². The average molecular weight is 717 g/mol. The Balaban J connectivity index is 1.93. The molecule has 4 rings (SSSR count). The van der Waals surface area contributed by atoms with Gasteiger partial charge < -0.3 is 24.9 Å². The number of aryl methyl sites for hydroxylation is 4. The molecule has 1 heterocycles. The van der Waals surface area contributed by atoms with Crippen molar-refractivity contribution in [2.45, 2.75) is 60.4 Å². The third-order valence-corrected chi connectivity index (χ3v) is 9.87. The predicted molar refractivity (Wildman–Crippen MR) is 215 cm³/mol. The lowest BCUT2D eigenvalue weighted by molar-refractivity contribution is 0.111. The van der Waals surface area contributed by atoms with Gasteiger partial charge in [0, 0.05) is 60.8 Å². The number of likely N-dealkylation sites (N-methyl/N-ethyl adjacent to an activating group) is 1. The number of nitrogens with one attached hydrogen (secondary N) is 2. The molecule has 0 radical (unpaired) electrons. The molecule has 0 aliphatic rings. The number of rotatable bonds is 15. The number of hydrogen-bond acceptors (Lipinski definition) is 6. The molecule has 0 fully saturated rings. The number of benzene rings is 3. The van der Waals surface area contributed by atoms with E-state index in [4.69, 9.17) is 33.0 Å². The van der Waals surface area contributed by atoms with Crippen molar-refractivity contribution in [2.75, 3.05) is 39.6 Å². The Hall–Kier alpha value is -4.04. The maximum atomic E-state index is 12.1. The molecule has 1 aromatic heterocycles. The first-order valence-electron chi connectivity index (χ1n) is 17.1. The van der Waals surface area contributed by atoms with Crippen molar-refractivity contribution >= 4 is 69.0 Å². The van der Waals surface area contributed by atoms with Crippen LogP contribution in [-0.2, 0) is 7.05 Å². The highest BCUT2D eigenvalue weighted by molar-refractivity contribution is 6.36. The van der Waals surface area contributed by atoms with E-state index in [0.717, 1.165) is 103 Å². The fourth-order valence-corrected chi connectivity index (χ4v) is 7.06. The second-order valence-electron chi connectivity index (χ2n) is 13.1. The van der Waals surface area contributed by atoms with Crippen LogP contribution in [0.25, 0.3) is 28.1 Å². The Labute approximate surface area is 308 Å². The number of fused-ring (bicyclic) bond motifs is 1. The summed E-state index contributed by atoms with van der Waals surface area (Å²) in [6.45, 7) is 13.5. The molecule has 0 aliphatic heterocycles. The van der Waals surface area contributed by atoms with Crippen molar-refractivity contribution in [1.82, 2.24) is 14.9 Å². The van der Waals surface area contributed by atoms with Crippen molar-refractivity contribution in [3.63, 3.8) is 0 Å². The first-order valence-corrected chi connectivity index (χ1v) is 17.8. The van der Waals surface area contributed by atoms with E-state index in [1.165, 1.54) is 0 Å². The van der Waals surface area contributed by atoms with Gasteiger partial charge >= 0.3 is 0 Å². The summed E-state index contributed by atoms with van der Waals surface area (Å²) in [7, 11) is 7.74. The molecule has 266 valence electrons. The van der Waals surface area contributed by atoms with Gasteiger partial charge in [0.2, 0.25) is 0 Å². The number of para-hydroxylation sites is 1. The zero-order valence-electron chi connectivity index (χ0n) is 31.1. The SMILES string of the molecule is C/C=C(/C(C)=N\N(C)C)c1c(Cl)ccc(/C(=C/c2cccc3c(C)c(C=O)n(C)c23)CCCOc2cc(C)c(Cl)c(C)c2)c1N[C@H](C)CNC. The van der Waals surface area contributed by atoms with Crippen molar-refractivity contribution in [1.29, 1.82) is 0 Å². The summed E-state index contributed by atoms with van der Waals surface area (Å²) in [5.41, 5.74) is 11.5. The number of allylic oxidation sites excluding steroid dienone is 3. The number of halogens is 2. The van der Waals surface area contributed by atoms with Gasteiger partial charge in [0.25, 0.3) is 0 Å². The molecule has 0 saturated heterocycles. The molecule has 0 unspecified atom stereocenters. The summed E-state index contributed by atoms with van der Waals surface area (Å²) >= 11 is 13.5. The maximum absolute atomic E-state index is 12.1. The van der Waals surface area contributed by atoms with Crippen molar-refractivity contribution in [2.24, 2.45) is 12.1 Å². The normalized spacial score (nSPS) is 13.2. The third kappa shape index (κ3) is 8.63. The summed E-state index contributed by atoms with van der Waals surface area (Å²) in [6.07, 6.45) is 6.74. The lowest BCUT2D eigenvalue weighted by Gasteiger charge is -2.25. The number of aromatic nitrogens is 1. The molecule has 7 nitrogen and oxygen atoms in total. The van der Waals surface area contributed by atoms with Crippen molar-refractivity contribution < 1.29 is 9.53 Å². The van der Waals surface area contributed by atoms with E-state index in [2.05, 4.69) is 54.0 Å². The number of nitrogens with zero attached hydrogens (tertiary/aromatic N) is 3. The fourth-order valence-electron chi connectivity index (χ4n) is 6.70. The molecule has 0 spiro atoms. The molecule has 9 heteroatoms. The number of aldehydes is 1. The second-order valence-corrected chi connectivity index (χ2v) is 13.9. The van der Waals surface area contributed by atoms with Crippen LogP contribution in [0.4, 0.5) is 5.69 Å². The van der Waals surface area contributed by atoms with Gasteiger partial charge in [-0.25, -0.2) is 0 Å². The van der Waals surface area contributed by atoms with E-state index < -0.39 is 0 Å². The molecular weight excluding hydrogens is 665 g/mol. The molecule has 4 aromatic rings. The summed E-state index contributed by atoms with van der Waals surface area (Å²) in [5.74, 6) is 0.811. The highest BCUT2D eigenvalue weighted by Gasteiger charge is 2.22. The van der Waals surface area contributed by atoms with Gasteiger partial charge in [0.1, 0.15) is 5.75 Å². The van der Waals surface area contributed by atoms with E-state index in [9.17, 15) is 4.79 Å². The highest BCUT2D eigenvalue weighted by atomic mass is 35.5. The van der Waals surface area contributed by atoms with Crippen LogP contribution in [0.15, 0.2) is 53.6 Å². The number of anilines is 1. The summed E-state index contributed by atoms with van der Waals surface area (Å²) in [5, 5.41) is 16.1. The van der Waals surface area contributed by atoms with Crippen LogP contribution in [0, 0.1) is 20.8 Å². The average Bonchev–Trinajstić information content (AvgIpc) is 3.31. The monoisotopic (exact) mass is 715 g/mol. The number of ether oxygens (including phenoxy) is 1. The van der Waals surface area contributed by atoms with E-state index in [1.54, 1.807) is 5.01 Å². The van der Waals surface area contributed by atoms with E-state index in [1.807, 2.05) is 85.6 Å². The molecular formula is C41H51Cl2N5O2. The second kappa shape index (κ2) is 17.3. The minimum absolute atomic E-state index is 0.0928. The smallest absolute Gasteiger partial charge is 0.166 e. The first-order chi connectivity index (χ1) is 23.8. The number of carbonyl (C=O) groups is 1. The van der Waals surface area contributed by atoms with E-state index in [0.29, 0.717) is 17.3 Å². The Kier molecular flexibility index (Phi) is 13.4. The number of hydrazone groups is 1. The van der Waals surface area contributed by atoms with Gasteiger partial charge in [0.05, 0.1) is 34.2 Å². The quantitative estimate of drug-likeness (QED) is 0.0422. The highest BCUT2D eigenvalue weighted by Crippen LogP contribution is 2.41. The van der Waals surface area contributed by atoms with Crippen LogP contribution in [0.5, 0.6) is 5.75 Å². The Morgan fingerprint density at radius 3 is 2.42 bits per heavy atom. The van der Waals surface area contributed by atoms with Crippen LogP contribution >= 0.6 is 23.2 Å². The van der Waals surface area contributed by atoms with Gasteiger partial charge in [-0.1, -0.05) is 53.5 Å². The van der Waals surface area contributed by atoms with Gasteiger partial charge in [-0.3, -0.25) is 4.79 Å². The summed E-state index contributed by atoms with van der Waals surface area (Å²) in [6, 6.07) is 14.4. The topological polar surface area (TPSA) is 70.9 Å². The van der Waals surface area contributed by atoms with E-state index in [-0.39, 0.29) is 6.04 Å². The van der Waals surface area contributed by atoms with Crippen LogP contribution in [0.1, 0.15) is 77.5 Å². The zero-order chi connectivity index (χ0) is 36.7. The summed E-state index contributed by atoms with van der Waals surface area (Å²) in [4.78, 5) is 12.1. The molecule has 2 N–H and O–H groups in total. The molecule has 50 heavy (non-hydrogen) atoms. The molecule has 0 amide bonds. The third-order valence-electron chi connectivity index (χ3n) is 8.96. The van der Waals surface area contributed by atoms with Crippen LogP contribution in [0.2, 0.25) is 10.0 Å². The van der Waals surface area contributed by atoms with E-state index >= 15 is 0 Å². The Bertz CT molecular complexity index is 1930. The molecule has 0 bridgehead atoms. The summed E-state index contributed by atoms with van der Waals surface area (Å²) < 4.78 is 8.27. The Morgan fingerprint density at radius 2 is 1.80 bits per heavy atom. The minimum atomic E-state index is 0.0928. The predicted octanol–water partition coefficient (Wildman–Crippen LogP) is 9.98. The van der Waals surface area contributed by atoms with Crippen LogP contribution in [-0.4, -0.2) is 61.9 Å². The van der Waals surface area contributed by atoms with Crippen molar-refractivity contribution in [3.05, 3.63) is 97.7 Å². The fraction of sp³-hybridized carbons (Fsp3) is 0.366. The van der Waals surface area contributed by atoms with Crippen molar-refractivity contribution in [3.8, 4) is 5.75 Å². The number of hydrogen-bond donors (Lipinski definition) is 2. The Morgan fingerprint density at radius 1 is 1.10 bits per heavy atom. The van der Waals surface area contributed by atoms with Gasteiger partial charge in [0.15, 0.2) is 6.29 Å². The molecule has 0 aliphatic carbocycles. The maximum Gasteiger partial charge on any atom is 0.166 e. The minimum Gasteiger partial charge on any atom is -0.494 e. The lowest BCUT2D eigenvalue weighted by atomic mass is 9.90. The number of carbonyl (C=O) groups excluding carboxylic acids is 1. The largest absolute Gasteiger partial charge is 0.494 e. The molecule has 3 aromatic carbocycles. The lowest BCUT2D eigenvalue weighted by Crippen LogP contribution is -2.29. The molecule has 0 saturated carbocycles. The molecule has 1 atom stereocenters. The van der Waals surface area contributed by atoms with Crippen LogP contribution < -0.4 is 15.4 Å². The van der Waals surface area contributed by atoms with Crippen LogP contribution in [0.3, 0.4) is 0 Å². The van der Waals surface area contributed by atoms with Gasteiger partial charge in [-0.15, -0.1) is 0 Å². The zero-order valence-corrected chi connectivity index (χ0v) is 32.6. The standard InChI is InChI=1S/C41H51Cl2N5O2/c1-11-33(29(6)46-47(8)9)38-36(42)18-17-35(40(38)45-27(4)23-44-7)30(15-13-19-50-32-20-25(2)39(43)26(3)21-32)22-31-14-12-16-34-28(5)37(24-49)48(10)41(31)34/h11-12,14,16-18,20-22,24,27,44-45H,13,15,19,23H2,1-10H3/b30-22+,33-11-,46-29-/t27-/m1/s1. The first kappa shape index (κ1) is 38.8.